The second-order valence-electron chi connectivity index (χ2n) is 6.34. The van der Waals surface area contributed by atoms with Crippen LogP contribution in [0, 0.1) is 19.8 Å². The van der Waals surface area contributed by atoms with Crippen molar-refractivity contribution in [1.29, 1.82) is 0 Å². The second kappa shape index (κ2) is 7.09. The van der Waals surface area contributed by atoms with Crippen LogP contribution in [0.1, 0.15) is 61.1 Å². The monoisotopic (exact) mass is 259 g/mol. The van der Waals surface area contributed by atoms with Gasteiger partial charge in [-0.2, -0.15) is 0 Å². The molecule has 1 fully saturated rings. The van der Waals surface area contributed by atoms with E-state index in [2.05, 4.69) is 44.4 Å². The largest absolute Gasteiger partial charge is 0.319 e. The van der Waals surface area contributed by atoms with Gasteiger partial charge in [0.15, 0.2) is 0 Å². The molecule has 1 aromatic rings. The lowest BCUT2D eigenvalue weighted by molar-refractivity contribution is 0.367. The van der Waals surface area contributed by atoms with Gasteiger partial charge in [0.2, 0.25) is 0 Å². The smallest absolute Gasteiger partial charge is 0.00198 e. The Morgan fingerprint density at radius 3 is 2.11 bits per heavy atom. The van der Waals surface area contributed by atoms with Gasteiger partial charge in [0.1, 0.15) is 0 Å². The average Bonchev–Trinajstić information content (AvgIpc) is 2.63. The minimum Gasteiger partial charge on any atom is -0.319 e. The fraction of sp³-hybridized carbons (Fsp3) is 0.667. The van der Waals surface area contributed by atoms with Crippen LogP contribution in [0.5, 0.6) is 0 Å². The lowest BCUT2D eigenvalue weighted by Crippen LogP contribution is -2.24. The first-order valence-corrected chi connectivity index (χ1v) is 7.93. The van der Waals surface area contributed by atoms with E-state index in [1.54, 1.807) is 5.56 Å². The third-order valence-corrected chi connectivity index (χ3v) is 4.57. The molecule has 0 aliphatic heterocycles. The summed E-state index contributed by atoms with van der Waals surface area (Å²) in [6.07, 6.45) is 8.56. The summed E-state index contributed by atoms with van der Waals surface area (Å²) in [5.41, 5.74) is 4.37. The van der Waals surface area contributed by atoms with Crippen LogP contribution < -0.4 is 5.32 Å². The molecule has 1 unspecified atom stereocenters. The maximum atomic E-state index is 3.42. The van der Waals surface area contributed by atoms with Gasteiger partial charge >= 0.3 is 0 Å². The average molecular weight is 259 g/mol. The van der Waals surface area contributed by atoms with E-state index in [1.165, 1.54) is 49.7 Å². The van der Waals surface area contributed by atoms with Crippen molar-refractivity contribution >= 4 is 0 Å². The molecule has 1 aliphatic rings. The molecule has 1 nitrogen and oxygen atoms in total. The highest BCUT2D eigenvalue weighted by atomic mass is 14.8. The number of aryl methyl sites for hydroxylation is 2. The first-order chi connectivity index (χ1) is 9.20. The quantitative estimate of drug-likeness (QED) is 0.781. The van der Waals surface area contributed by atoms with Gasteiger partial charge in [0.05, 0.1) is 0 Å². The summed E-state index contributed by atoms with van der Waals surface area (Å²) < 4.78 is 0. The Hall–Kier alpha value is -0.820. The van der Waals surface area contributed by atoms with Gasteiger partial charge < -0.3 is 5.32 Å². The zero-order valence-corrected chi connectivity index (χ0v) is 12.8. The molecule has 0 bridgehead atoms. The predicted octanol–water partition coefficient (Wildman–Crippen LogP) is 4.58. The summed E-state index contributed by atoms with van der Waals surface area (Å²) in [6, 6.07) is 7.09. The zero-order chi connectivity index (χ0) is 13.7. The van der Waals surface area contributed by atoms with Gasteiger partial charge in [-0.25, -0.2) is 0 Å². The summed E-state index contributed by atoms with van der Waals surface area (Å²) in [6.45, 7) is 5.56. The van der Waals surface area contributed by atoms with E-state index in [4.69, 9.17) is 0 Å². The Morgan fingerprint density at radius 1 is 1.00 bits per heavy atom. The van der Waals surface area contributed by atoms with Crippen molar-refractivity contribution in [2.75, 3.05) is 13.6 Å². The van der Waals surface area contributed by atoms with E-state index in [0.717, 1.165) is 12.5 Å². The highest BCUT2D eigenvalue weighted by Crippen LogP contribution is 2.35. The van der Waals surface area contributed by atoms with E-state index < -0.39 is 0 Å². The van der Waals surface area contributed by atoms with Gasteiger partial charge in [-0.05, 0) is 51.1 Å². The minimum absolute atomic E-state index is 0.696. The number of hydrogen-bond donors (Lipinski definition) is 1. The van der Waals surface area contributed by atoms with Crippen LogP contribution in [0.25, 0.3) is 0 Å². The highest BCUT2D eigenvalue weighted by Gasteiger charge is 2.23. The van der Waals surface area contributed by atoms with Gasteiger partial charge in [-0.3, -0.25) is 0 Å². The molecule has 1 N–H and O–H groups in total. The molecular weight excluding hydrogens is 230 g/mol. The standard InChI is InChI=1S/C18H29N/c1-14-10-15(2)12-17(11-14)18(13-19-3)16-8-6-4-5-7-9-16/h10-12,16,18-19H,4-9,13H2,1-3H3. The van der Waals surface area contributed by atoms with Crippen LogP contribution in [0.2, 0.25) is 0 Å². The number of hydrogen-bond acceptors (Lipinski definition) is 1. The van der Waals surface area contributed by atoms with Crippen molar-refractivity contribution in [3.05, 3.63) is 34.9 Å². The van der Waals surface area contributed by atoms with E-state index >= 15 is 0 Å². The lowest BCUT2D eigenvalue weighted by atomic mass is 9.80. The molecule has 0 spiro atoms. The summed E-state index contributed by atoms with van der Waals surface area (Å²) in [5, 5.41) is 3.42. The molecule has 0 aromatic heterocycles. The third-order valence-electron chi connectivity index (χ3n) is 4.57. The lowest BCUT2D eigenvalue weighted by Gasteiger charge is -2.27. The molecule has 1 saturated carbocycles. The molecule has 0 amide bonds. The molecule has 1 aromatic carbocycles. The van der Waals surface area contributed by atoms with Crippen molar-refractivity contribution in [2.24, 2.45) is 5.92 Å². The second-order valence-corrected chi connectivity index (χ2v) is 6.34. The summed E-state index contributed by atoms with van der Waals surface area (Å²) >= 11 is 0. The number of benzene rings is 1. The topological polar surface area (TPSA) is 12.0 Å². The minimum atomic E-state index is 0.696. The van der Waals surface area contributed by atoms with E-state index in [9.17, 15) is 0 Å². The molecule has 1 atom stereocenters. The molecule has 0 radical (unpaired) electrons. The van der Waals surface area contributed by atoms with E-state index in [1.807, 2.05) is 0 Å². The van der Waals surface area contributed by atoms with Crippen molar-refractivity contribution in [3.63, 3.8) is 0 Å². The Morgan fingerprint density at radius 2 is 1.58 bits per heavy atom. The molecule has 106 valence electrons. The number of nitrogens with one attached hydrogen (secondary N) is 1. The molecule has 1 heteroatoms. The molecule has 0 heterocycles. The van der Waals surface area contributed by atoms with E-state index in [0.29, 0.717) is 5.92 Å². The predicted molar refractivity (Wildman–Crippen MR) is 83.8 cm³/mol. The highest BCUT2D eigenvalue weighted by molar-refractivity contribution is 5.31. The Kier molecular flexibility index (Phi) is 5.45. The summed E-state index contributed by atoms with van der Waals surface area (Å²) in [4.78, 5) is 0. The van der Waals surface area contributed by atoms with Crippen molar-refractivity contribution < 1.29 is 0 Å². The molecular formula is C18H29N. The Bertz CT molecular complexity index is 368. The summed E-state index contributed by atoms with van der Waals surface area (Å²) in [7, 11) is 2.09. The molecule has 19 heavy (non-hydrogen) atoms. The normalized spacial score (nSPS) is 19.1. The van der Waals surface area contributed by atoms with Crippen LogP contribution >= 0.6 is 0 Å². The van der Waals surface area contributed by atoms with Gasteiger partial charge in [0, 0.05) is 6.54 Å². The first-order valence-electron chi connectivity index (χ1n) is 7.93. The van der Waals surface area contributed by atoms with Gasteiger partial charge in [-0.15, -0.1) is 0 Å². The third kappa shape index (κ3) is 4.07. The van der Waals surface area contributed by atoms with Gasteiger partial charge in [0.25, 0.3) is 0 Å². The van der Waals surface area contributed by atoms with Crippen LogP contribution in [-0.4, -0.2) is 13.6 Å². The maximum Gasteiger partial charge on any atom is 0.00198 e. The van der Waals surface area contributed by atoms with Crippen molar-refractivity contribution in [1.82, 2.24) is 5.32 Å². The van der Waals surface area contributed by atoms with E-state index in [-0.39, 0.29) is 0 Å². The van der Waals surface area contributed by atoms with Crippen molar-refractivity contribution in [3.8, 4) is 0 Å². The fourth-order valence-corrected chi connectivity index (χ4v) is 3.71. The van der Waals surface area contributed by atoms with Crippen LogP contribution in [0.3, 0.4) is 0 Å². The molecule has 2 rings (SSSR count). The first kappa shape index (κ1) is 14.6. The molecule has 0 saturated heterocycles. The van der Waals surface area contributed by atoms with Crippen LogP contribution in [0.15, 0.2) is 18.2 Å². The summed E-state index contributed by atoms with van der Waals surface area (Å²) in [5.74, 6) is 1.57. The van der Waals surface area contributed by atoms with Gasteiger partial charge in [-0.1, -0.05) is 55.0 Å². The molecule has 1 aliphatic carbocycles. The number of likely N-dealkylation sites (N-methyl/N-ethyl adjacent to an activating group) is 1. The van der Waals surface area contributed by atoms with Crippen molar-refractivity contribution in [2.45, 2.75) is 58.3 Å². The SMILES string of the molecule is CNCC(c1cc(C)cc(C)c1)C1CCCCCC1. The van der Waals surface area contributed by atoms with Crippen LogP contribution in [-0.2, 0) is 0 Å². The fourth-order valence-electron chi connectivity index (χ4n) is 3.71. The zero-order valence-electron chi connectivity index (χ0n) is 12.8. The maximum absolute atomic E-state index is 3.42. The van der Waals surface area contributed by atoms with Crippen LogP contribution in [0.4, 0.5) is 0 Å². The number of rotatable bonds is 4. The Balaban J connectivity index is 2.22. The Labute approximate surface area is 118 Å².